The fraction of sp³-hybridized carbons (Fsp3) is 0.571. The van der Waals surface area contributed by atoms with Gasteiger partial charge in [-0.2, -0.15) is 0 Å². The Bertz CT molecular complexity index is 313. The normalized spacial score (nSPS) is 14.6. The van der Waals surface area contributed by atoms with E-state index in [0.717, 1.165) is 24.3 Å². The second kappa shape index (κ2) is 7.70. The van der Waals surface area contributed by atoms with E-state index in [1.165, 1.54) is 5.56 Å². The standard InChI is InChI=1S/C14H22ClNO/c1-3-14(16-11(2)5-4-10-17)12-6-8-13(15)9-7-12/h6-9,11,14,16-17H,3-5,10H2,1-2H3. The number of hydrogen-bond acceptors (Lipinski definition) is 2. The Morgan fingerprint density at radius 2 is 1.94 bits per heavy atom. The lowest BCUT2D eigenvalue weighted by molar-refractivity contribution is 0.273. The Morgan fingerprint density at radius 3 is 2.47 bits per heavy atom. The molecule has 0 amide bonds. The summed E-state index contributed by atoms with van der Waals surface area (Å²) < 4.78 is 0. The van der Waals surface area contributed by atoms with Gasteiger partial charge in [-0.3, -0.25) is 0 Å². The van der Waals surface area contributed by atoms with Crippen LogP contribution >= 0.6 is 11.6 Å². The summed E-state index contributed by atoms with van der Waals surface area (Å²) in [6.45, 7) is 4.60. The Labute approximate surface area is 109 Å². The predicted molar refractivity (Wildman–Crippen MR) is 73.4 cm³/mol. The maximum Gasteiger partial charge on any atom is 0.0431 e. The summed E-state index contributed by atoms with van der Waals surface area (Å²) in [6, 6.07) is 8.78. The molecule has 0 radical (unpaired) electrons. The highest BCUT2D eigenvalue weighted by Gasteiger charge is 2.11. The number of aliphatic hydroxyl groups excluding tert-OH is 1. The van der Waals surface area contributed by atoms with Crippen LogP contribution in [-0.4, -0.2) is 17.8 Å². The molecule has 2 nitrogen and oxygen atoms in total. The second-order valence-corrected chi connectivity index (χ2v) is 4.88. The summed E-state index contributed by atoms with van der Waals surface area (Å²) >= 11 is 5.89. The minimum Gasteiger partial charge on any atom is -0.396 e. The van der Waals surface area contributed by atoms with Crippen LogP contribution in [0.1, 0.15) is 44.7 Å². The number of halogens is 1. The third kappa shape index (κ3) is 5.07. The summed E-state index contributed by atoms with van der Waals surface area (Å²) in [7, 11) is 0. The van der Waals surface area contributed by atoms with E-state index in [0.29, 0.717) is 12.1 Å². The number of aliphatic hydroxyl groups is 1. The van der Waals surface area contributed by atoms with Crippen LogP contribution in [0.15, 0.2) is 24.3 Å². The molecule has 0 aromatic heterocycles. The zero-order chi connectivity index (χ0) is 12.7. The topological polar surface area (TPSA) is 32.3 Å². The van der Waals surface area contributed by atoms with Gasteiger partial charge in [-0.25, -0.2) is 0 Å². The van der Waals surface area contributed by atoms with Crippen LogP contribution in [0.2, 0.25) is 5.02 Å². The molecule has 0 aliphatic rings. The lowest BCUT2D eigenvalue weighted by Gasteiger charge is -2.22. The van der Waals surface area contributed by atoms with E-state index < -0.39 is 0 Å². The molecule has 0 spiro atoms. The summed E-state index contributed by atoms with van der Waals surface area (Å²) in [5.41, 5.74) is 1.27. The van der Waals surface area contributed by atoms with Crippen LogP contribution < -0.4 is 5.32 Å². The monoisotopic (exact) mass is 255 g/mol. The molecule has 1 aromatic rings. The molecule has 96 valence electrons. The predicted octanol–water partition coefficient (Wildman–Crippen LogP) is 3.54. The Hall–Kier alpha value is -0.570. The van der Waals surface area contributed by atoms with Crippen molar-refractivity contribution in [3.63, 3.8) is 0 Å². The highest BCUT2D eigenvalue weighted by Crippen LogP contribution is 2.20. The largest absolute Gasteiger partial charge is 0.396 e. The van der Waals surface area contributed by atoms with Crippen molar-refractivity contribution in [3.8, 4) is 0 Å². The van der Waals surface area contributed by atoms with Gasteiger partial charge in [-0.05, 0) is 43.9 Å². The fourth-order valence-electron chi connectivity index (χ4n) is 1.97. The van der Waals surface area contributed by atoms with Crippen molar-refractivity contribution in [1.82, 2.24) is 5.32 Å². The van der Waals surface area contributed by atoms with Gasteiger partial charge in [0.15, 0.2) is 0 Å². The maximum atomic E-state index is 8.81. The fourth-order valence-corrected chi connectivity index (χ4v) is 2.10. The molecule has 0 heterocycles. The molecule has 2 N–H and O–H groups in total. The van der Waals surface area contributed by atoms with Gasteiger partial charge < -0.3 is 10.4 Å². The first-order chi connectivity index (χ1) is 8.17. The van der Waals surface area contributed by atoms with Crippen LogP contribution in [0.3, 0.4) is 0 Å². The quantitative estimate of drug-likeness (QED) is 0.781. The van der Waals surface area contributed by atoms with Crippen LogP contribution in [0.5, 0.6) is 0 Å². The van der Waals surface area contributed by atoms with Crippen molar-refractivity contribution in [3.05, 3.63) is 34.9 Å². The molecule has 0 saturated heterocycles. The first-order valence-electron chi connectivity index (χ1n) is 6.29. The zero-order valence-corrected chi connectivity index (χ0v) is 11.4. The van der Waals surface area contributed by atoms with E-state index in [2.05, 4.69) is 31.3 Å². The maximum absolute atomic E-state index is 8.81. The van der Waals surface area contributed by atoms with Gasteiger partial charge in [0.1, 0.15) is 0 Å². The molecule has 1 rings (SSSR count). The summed E-state index contributed by atoms with van der Waals surface area (Å²) in [5.74, 6) is 0. The zero-order valence-electron chi connectivity index (χ0n) is 10.6. The highest BCUT2D eigenvalue weighted by atomic mass is 35.5. The molecule has 17 heavy (non-hydrogen) atoms. The van der Waals surface area contributed by atoms with E-state index in [4.69, 9.17) is 16.7 Å². The number of hydrogen-bond donors (Lipinski definition) is 2. The summed E-state index contributed by atoms with van der Waals surface area (Å²) in [6.07, 6.45) is 2.90. The van der Waals surface area contributed by atoms with Gasteiger partial charge >= 0.3 is 0 Å². The van der Waals surface area contributed by atoms with Gasteiger partial charge in [-0.1, -0.05) is 30.7 Å². The lowest BCUT2D eigenvalue weighted by Crippen LogP contribution is -2.30. The molecular weight excluding hydrogens is 234 g/mol. The molecule has 1 aromatic carbocycles. The minimum atomic E-state index is 0.268. The van der Waals surface area contributed by atoms with E-state index in [-0.39, 0.29) is 6.61 Å². The number of benzene rings is 1. The Balaban J connectivity index is 2.56. The second-order valence-electron chi connectivity index (χ2n) is 4.45. The van der Waals surface area contributed by atoms with E-state index >= 15 is 0 Å². The lowest BCUT2D eigenvalue weighted by atomic mass is 10.0. The number of rotatable bonds is 7. The molecule has 0 saturated carbocycles. The molecule has 0 aliphatic carbocycles. The van der Waals surface area contributed by atoms with Gasteiger partial charge in [-0.15, -0.1) is 0 Å². The van der Waals surface area contributed by atoms with Crippen molar-refractivity contribution < 1.29 is 5.11 Å². The molecule has 2 atom stereocenters. The molecule has 0 bridgehead atoms. The van der Waals surface area contributed by atoms with E-state index in [1.54, 1.807) is 0 Å². The molecule has 0 aliphatic heterocycles. The molecule has 2 unspecified atom stereocenters. The Morgan fingerprint density at radius 1 is 1.29 bits per heavy atom. The average Bonchev–Trinajstić information content (AvgIpc) is 2.34. The van der Waals surface area contributed by atoms with Gasteiger partial charge in [0.25, 0.3) is 0 Å². The highest BCUT2D eigenvalue weighted by molar-refractivity contribution is 6.30. The summed E-state index contributed by atoms with van der Waals surface area (Å²) in [5, 5.41) is 13.2. The SMILES string of the molecule is CCC(NC(C)CCCO)c1ccc(Cl)cc1. The van der Waals surface area contributed by atoms with Gasteiger partial charge in [0.2, 0.25) is 0 Å². The molecule has 3 heteroatoms. The summed E-state index contributed by atoms with van der Waals surface area (Å²) in [4.78, 5) is 0. The van der Waals surface area contributed by atoms with Crippen molar-refractivity contribution in [2.45, 2.75) is 45.2 Å². The third-order valence-corrected chi connectivity index (χ3v) is 3.21. The van der Waals surface area contributed by atoms with Crippen LogP contribution in [0.25, 0.3) is 0 Å². The van der Waals surface area contributed by atoms with Crippen molar-refractivity contribution >= 4 is 11.6 Å². The van der Waals surface area contributed by atoms with Crippen molar-refractivity contribution in [2.24, 2.45) is 0 Å². The average molecular weight is 256 g/mol. The van der Waals surface area contributed by atoms with Gasteiger partial charge in [0.05, 0.1) is 0 Å². The molecule has 0 fully saturated rings. The van der Waals surface area contributed by atoms with E-state index in [1.807, 2.05) is 12.1 Å². The smallest absolute Gasteiger partial charge is 0.0431 e. The van der Waals surface area contributed by atoms with Gasteiger partial charge in [0, 0.05) is 23.7 Å². The minimum absolute atomic E-state index is 0.268. The van der Waals surface area contributed by atoms with E-state index in [9.17, 15) is 0 Å². The first kappa shape index (κ1) is 14.5. The van der Waals surface area contributed by atoms with Crippen molar-refractivity contribution in [2.75, 3.05) is 6.61 Å². The molecular formula is C14H22ClNO. The van der Waals surface area contributed by atoms with Crippen molar-refractivity contribution in [1.29, 1.82) is 0 Å². The Kier molecular flexibility index (Phi) is 6.56. The van der Waals surface area contributed by atoms with Crippen LogP contribution in [0.4, 0.5) is 0 Å². The van der Waals surface area contributed by atoms with Crippen LogP contribution in [-0.2, 0) is 0 Å². The number of nitrogens with one attached hydrogen (secondary N) is 1. The van der Waals surface area contributed by atoms with Crippen LogP contribution in [0, 0.1) is 0 Å². The first-order valence-corrected chi connectivity index (χ1v) is 6.67. The third-order valence-electron chi connectivity index (χ3n) is 2.96.